The van der Waals surface area contributed by atoms with E-state index in [1.807, 2.05) is 54.6 Å². The maximum Gasteiger partial charge on any atom is 0.145 e. The molecule has 0 spiro atoms. The van der Waals surface area contributed by atoms with Gasteiger partial charge in [0.2, 0.25) is 0 Å². The number of hydrogen-bond acceptors (Lipinski definition) is 2. The molecular weight excluding hydrogens is 349 g/mol. The lowest BCUT2D eigenvalue weighted by Crippen LogP contribution is -2.23. The van der Waals surface area contributed by atoms with Crippen molar-refractivity contribution in [2.75, 3.05) is 6.54 Å². The molecule has 3 heteroatoms. The topological polar surface area (TPSA) is 43.1 Å². The Morgan fingerprint density at radius 1 is 1.05 bits per heavy atom. The van der Waals surface area contributed by atoms with E-state index in [9.17, 15) is 4.79 Å². The van der Waals surface area contributed by atoms with Gasteiger partial charge in [-0.3, -0.25) is 4.79 Å². The number of carbonyl (C=O) groups excluding carboxylic acids is 1. The van der Waals surface area contributed by atoms with Gasteiger partial charge < -0.3 is 5.73 Å². The van der Waals surface area contributed by atoms with E-state index in [0.29, 0.717) is 13.0 Å². The van der Waals surface area contributed by atoms with Gasteiger partial charge >= 0.3 is 0 Å². The molecule has 0 radical (unpaired) electrons. The van der Waals surface area contributed by atoms with E-state index in [0.717, 1.165) is 11.1 Å². The molecule has 2 aromatic rings. The van der Waals surface area contributed by atoms with Crippen molar-refractivity contribution in [3.8, 4) is 0 Å². The van der Waals surface area contributed by atoms with Gasteiger partial charge in [0.25, 0.3) is 0 Å². The molecule has 2 nitrogen and oxygen atoms in total. The molecule has 1 atom stereocenters. The summed E-state index contributed by atoms with van der Waals surface area (Å²) in [5.41, 5.74) is 7.80. The highest BCUT2D eigenvalue weighted by atomic mass is 127. The fourth-order valence-corrected chi connectivity index (χ4v) is 2.42. The summed E-state index contributed by atoms with van der Waals surface area (Å²) < 4.78 is 1.17. The largest absolute Gasteiger partial charge is 0.329 e. The average molecular weight is 365 g/mol. The molecule has 0 heterocycles. The molecule has 2 aromatic carbocycles. The first-order valence-corrected chi connectivity index (χ1v) is 7.30. The van der Waals surface area contributed by atoms with Crippen molar-refractivity contribution in [2.24, 2.45) is 5.73 Å². The fraction of sp³-hybridized carbons (Fsp3) is 0.188. The van der Waals surface area contributed by atoms with Gasteiger partial charge in [-0.15, -0.1) is 0 Å². The maximum atomic E-state index is 12.3. The van der Waals surface area contributed by atoms with Gasteiger partial charge in [0.15, 0.2) is 0 Å². The number of halogens is 1. The lowest BCUT2D eigenvalue weighted by atomic mass is 9.91. The van der Waals surface area contributed by atoms with E-state index in [4.69, 9.17) is 5.73 Å². The zero-order valence-corrected chi connectivity index (χ0v) is 12.7. The van der Waals surface area contributed by atoms with Crippen LogP contribution in [0.25, 0.3) is 0 Å². The molecule has 0 saturated heterocycles. The summed E-state index contributed by atoms with van der Waals surface area (Å²) in [5, 5.41) is 0. The van der Waals surface area contributed by atoms with Crippen LogP contribution in [0, 0.1) is 3.57 Å². The molecule has 2 rings (SSSR count). The quantitative estimate of drug-likeness (QED) is 0.828. The van der Waals surface area contributed by atoms with Crippen molar-refractivity contribution in [3.63, 3.8) is 0 Å². The molecule has 0 aromatic heterocycles. The molecule has 1 unspecified atom stereocenters. The third kappa shape index (κ3) is 3.88. The highest BCUT2D eigenvalue weighted by molar-refractivity contribution is 14.1. The predicted molar refractivity (Wildman–Crippen MR) is 86.1 cm³/mol. The molecule has 0 aliphatic carbocycles. The highest BCUT2D eigenvalue weighted by Crippen LogP contribution is 2.18. The van der Waals surface area contributed by atoms with Crippen LogP contribution in [-0.4, -0.2) is 12.3 Å². The van der Waals surface area contributed by atoms with Crippen LogP contribution in [0.2, 0.25) is 0 Å². The number of hydrogen-bond donors (Lipinski definition) is 1. The number of rotatable bonds is 5. The Bertz CT molecular complexity index is 536. The first kappa shape index (κ1) is 14.2. The second-order valence-electron chi connectivity index (χ2n) is 4.47. The number of nitrogens with two attached hydrogens (primary N) is 1. The summed E-state index contributed by atoms with van der Waals surface area (Å²) >= 11 is 2.26. The Labute approximate surface area is 127 Å². The monoisotopic (exact) mass is 365 g/mol. The predicted octanol–water partition coefficient (Wildman–Crippen LogP) is 3.15. The summed E-state index contributed by atoms with van der Waals surface area (Å²) in [5.74, 6) is -0.0320. The van der Waals surface area contributed by atoms with E-state index in [-0.39, 0.29) is 11.7 Å². The van der Waals surface area contributed by atoms with Crippen LogP contribution in [-0.2, 0) is 11.2 Å². The first-order valence-electron chi connectivity index (χ1n) is 6.23. The van der Waals surface area contributed by atoms with Gasteiger partial charge in [-0.2, -0.15) is 0 Å². The molecule has 0 bridgehead atoms. The molecule has 2 N–H and O–H groups in total. The van der Waals surface area contributed by atoms with Gasteiger partial charge in [0.05, 0.1) is 5.92 Å². The summed E-state index contributed by atoms with van der Waals surface area (Å²) in [4.78, 5) is 12.3. The molecular formula is C16H16INO. The normalized spacial score (nSPS) is 12.1. The van der Waals surface area contributed by atoms with Gasteiger partial charge in [-0.05, 0) is 45.9 Å². The minimum atomic E-state index is -0.208. The third-order valence-corrected chi connectivity index (χ3v) is 3.84. The Hall–Kier alpha value is -1.20. The first-order chi connectivity index (χ1) is 9.20. The summed E-state index contributed by atoms with van der Waals surface area (Å²) in [6.45, 7) is 0.354. The third-order valence-electron chi connectivity index (χ3n) is 3.12. The molecule has 0 saturated carbocycles. The standard InChI is InChI=1S/C16H16INO/c17-14-8-6-12(7-9-14)10-16(19)15(11-18)13-4-2-1-3-5-13/h1-9,15H,10-11,18H2. The lowest BCUT2D eigenvalue weighted by Gasteiger charge is -2.14. The zero-order valence-electron chi connectivity index (χ0n) is 10.6. The van der Waals surface area contributed by atoms with Crippen LogP contribution in [0.3, 0.4) is 0 Å². The second-order valence-corrected chi connectivity index (χ2v) is 5.71. The maximum absolute atomic E-state index is 12.3. The number of carbonyl (C=O) groups is 1. The van der Waals surface area contributed by atoms with Crippen LogP contribution < -0.4 is 5.73 Å². The molecule has 0 fully saturated rings. The van der Waals surface area contributed by atoms with Gasteiger partial charge in [0.1, 0.15) is 5.78 Å². The second kappa shape index (κ2) is 6.82. The van der Waals surface area contributed by atoms with Crippen LogP contribution in [0.4, 0.5) is 0 Å². The Balaban J connectivity index is 2.11. The highest BCUT2D eigenvalue weighted by Gasteiger charge is 2.18. The van der Waals surface area contributed by atoms with Crippen molar-refractivity contribution in [3.05, 3.63) is 69.3 Å². The van der Waals surface area contributed by atoms with Crippen LogP contribution in [0.15, 0.2) is 54.6 Å². The Morgan fingerprint density at radius 2 is 1.68 bits per heavy atom. The lowest BCUT2D eigenvalue weighted by molar-refractivity contribution is -0.119. The number of Topliss-reactive ketones (excluding diaryl/α,β-unsaturated/α-hetero) is 1. The molecule has 0 aliphatic rings. The van der Waals surface area contributed by atoms with Gasteiger partial charge in [-0.1, -0.05) is 42.5 Å². The van der Waals surface area contributed by atoms with E-state index in [2.05, 4.69) is 22.6 Å². The fourth-order valence-electron chi connectivity index (χ4n) is 2.07. The van der Waals surface area contributed by atoms with Crippen LogP contribution in [0.1, 0.15) is 17.0 Å². The minimum absolute atomic E-state index is 0.176. The summed E-state index contributed by atoms with van der Waals surface area (Å²) in [6.07, 6.45) is 0.438. The van der Waals surface area contributed by atoms with Crippen molar-refractivity contribution >= 4 is 28.4 Å². The minimum Gasteiger partial charge on any atom is -0.329 e. The van der Waals surface area contributed by atoms with Crippen molar-refractivity contribution < 1.29 is 4.79 Å². The van der Waals surface area contributed by atoms with E-state index < -0.39 is 0 Å². The SMILES string of the molecule is NCC(C(=O)Cc1ccc(I)cc1)c1ccccc1. The average Bonchev–Trinajstić information content (AvgIpc) is 2.43. The van der Waals surface area contributed by atoms with Crippen LogP contribution >= 0.6 is 22.6 Å². The van der Waals surface area contributed by atoms with Crippen molar-refractivity contribution in [1.82, 2.24) is 0 Å². The number of benzene rings is 2. The Morgan fingerprint density at radius 3 is 2.26 bits per heavy atom. The summed E-state index contributed by atoms with van der Waals surface area (Å²) in [6, 6.07) is 17.8. The number of ketones is 1. The molecule has 98 valence electrons. The van der Waals surface area contributed by atoms with Crippen LogP contribution in [0.5, 0.6) is 0 Å². The van der Waals surface area contributed by atoms with Gasteiger partial charge in [-0.25, -0.2) is 0 Å². The van der Waals surface area contributed by atoms with E-state index >= 15 is 0 Å². The summed E-state index contributed by atoms with van der Waals surface area (Å²) in [7, 11) is 0. The van der Waals surface area contributed by atoms with Crippen molar-refractivity contribution in [2.45, 2.75) is 12.3 Å². The molecule has 19 heavy (non-hydrogen) atoms. The van der Waals surface area contributed by atoms with E-state index in [1.165, 1.54) is 3.57 Å². The van der Waals surface area contributed by atoms with Gasteiger partial charge in [0, 0.05) is 16.5 Å². The smallest absolute Gasteiger partial charge is 0.145 e. The zero-order chi connectivity index (χ0) is 13.7. The van der Waals surface area contributed by atoms with Crippen molar-refractivity contribution in [1.29, 1.82) is 0 Å². The molecule has 0 amide bonds. The molecule has 0 aliphatic heterocycles. The Kier molecular flexibility index (Phi) is 5.10. The van der Waals surface area contributed by atoms with E-state index in [1.54, 1.807) is 0 Å².